The number of aromatic carboxylic acids is 1. The second-order valence-electron chi connectivity index (χ2n) is 2.50. The number of rotatable bonds is 3. The van der Waals surface area contributed by atoms with Crippen LogP contribution in [0.3, 0.4) is 0 Å². The third-order valence-electron chi connectivity index (χ3n) is 1.24. The molecule has 1 aromatic rings. The van der Waals surface area contributed by atoms with Crippen molar-refractivity contribution in [3.05, 3.63) is 16.1 Å². The number of carboxylic acids is 1. The average Bonchev–Trinajstić information content (AvgIpc) is 2.31. The molecule has 1 aromatic heterocycles. The predicted octanol–water partition coefficient (Wildman–Crippen LogP) is 0.386. The van der Waals surface area contributed by atoms with Crippen LogP contribution in [-0.4, -0.2) is 30.7 Å². The van der Waals surface area contributed by atoms with E-state index in [4.69, 9.17) is 5.11 Å². The van der Waals surface area contributed by atoms with Crippen molar-refractivity contribution < 1.29 is 18.3 Å². The van der Waals surface area contributed by atoms with E-state index in [0.717, 1.165) is 17.6 Å². The highest BCUT2D eigenvalue weighted by atomic mass is 32.2. The second-order valence-corrected chi connectivity index (χ2v) is 5.58. The SMILES string of the molecule is CS(=O)(=O)Cc1scnc1C(=O)O. The topological polar surface area (TPSA) is 84.3 Å². The monoisotopic (exact) mass is 221 g/mol. The minimum atomic E-state index is -3.20. The molecule has 0 saturated carbocycles. The third kappa shape index (κ3) is 2.78. The van der Waals surface area contributed by atoms with Crippen molar-refractivity contribution >= 4 is 27.1 Å². The Morgan fingerprint density at radius 3 is 2.77 bits per heavy atom. The van der Waals surface area contributed by atoms with Crippen LogP contribution in [0.2, 0.25) is 0 Å². The first-order chi connectivity index (χ1) is 5.90. The lowest BCUT2D eigenvalue weighted by molar-refractivity contribution is 0.0690. The van der Waals surface area contributed by atoms with Gasteiger partial charge in [0.05, 0.1) is 16.1 Å². The lowest BCUT2D eigenvalue weighted by Gasteiger charge is -1.95. The Bertz CT molecular complexity index is 420. The summed E-state index contributed by atoms with van der Waals surface area (Å²) in [6.45, 7) is 0. The van der Waals surface area contributed by atoms with Crippen LogP contribution in [0.15, 0.2) is 5.51 Å². The van der Waals surface area contributed by atoms with E-state index in [1.54, 1.807) is 0 Å². The molecule has 1 rings (SSSR count). The van der Waals surface area contributed by atoms with E-state index < -0.39 is 15.8 Å². The van der Waals surface area contributed by atoms with Crippen molar-refractivity contribution in [1.82, 2.24) is 4.98 Å². The number of hydrogen-bond acceptors (Lipinski definition) is 5. The third-order valence-corrected chi connectivity index (χ3v) is 3.07. The number of aromatic nitrogens is 1. The van der Waals surface area contributed by atoms with Crippen molar-refractivity contribution in [2.75, 3.05) is 6.26 Å². The molecule has 0 aliphatic carbocycles. The lowest BCUT2D eigenvalue weighted by atomic mass is 10.4. The van der Waals surface area contributed by atoms with Gasteiger partial charge in [-0.15, -0.1) is 11.3 Å². The second kappa shape index (κ2) is 3.43. The predicted molar refractivity (Wildman–Crippen MR) is 47.6 cm³/mol. The normalized spacial score (nSPS) is 11.5. The van der Waals surface area contributed by atoms with Crippen molar-refractivity contribution in [3.63, 3.8) is 0 Å². The van der Waals surface area contributed by atoms with Gasteiger partial charge in [-0.25, -0.2) is 18.2 Å². The Balaban J connectivity index is 3.02. The number of nitrogens with zero attached hydrogens (tertiary/aromatic N) is 1. The molecule has 0 amide bonds. The van der Waals surface area contributed by atoms with Crippen LogP contribution in [0.1, 0.15) is 15.4 Å². The molecular formula is C6H7NO4S2. The largest absolute Gasteiger partial charge is 0.476 e. The molecule has 0 radical (unpaired) electrons. The molecule has 0 saturated heterocycles. The number of sulfone groups is 1. The summed E-state index contributed by atoms with van der Waals surface area (Å²) in [6.07, 6.45) is 1.05. The van der Waals surface area contributed by atoms with Gasteiger partial charge in [-0.3, -0.25) is 0 Å². The van der Waals surface area contributed by atoms with Crippen molar-refractivity contribution in [2.24, 2.45) is 0 Å². The van der Waals surface area contributed by atoms with Crippen LogP contribution >= 0.6 is 11.3 Å². The van der Waals surface area contributed by atoms with Gasteiger partial charge < -0.3 is 5.11 Å². The van der Waals surface area contributed by atoms with Crippen LogP contribution in [0, 0.1) is 0 Å². The summed E-state index contributed by atoms with van der Waals surface area (Å²) in [6, 6.07) is 0. The number of carbonyl (C=O) groups is 1. The van der Waals surface area contributed by atoms with Crippen LogP contribution in [0.4, 0.5) is 0 Å². The maximum absolute atomic E-state index is 10.9. The Hall–Kier alpha value is -0.950. The highest BCUT2D eigenvalue weighted by molar-refractivity contribution is 7.90. The van der Waals surface area contributed by atoms with E-state index in [1.807, 2.05) is 0 Å². The summed E-state index contributed by atoms with van der Waals surface area (Å²) in [7, 11) is -3.20. The molecule has 5 nitrogen and oxygen atoms in total. The van der Waals surface area contributed by atoms with Gasteiger partial charge in [0.1, 0.15) is 0 Å². The molecule has 0 atom stereocenters. The van der Waals surface area contributed by atoms with Gasteiger partial charge in [0, 0.05) is 6.26 Å². The number of carboxylic acid groups (broad SMARTS) is 1. The highest BCUT2D eigenvalue weighted by Crippen LogP contribution is 2.16. The van der Waals surface area contributed by atoms with Crippen LogP contribution < -0.4 is 0 Å². The number of thiazole rings is 1. The van der Waals surface area contributed by atoms with E-state index in [1.165, 1.54) is 5.51 Å². The summed E-state index contributed by atoms with van der Waals surface area (Å²) < 4.78 is 21.7. The number of hydrogen-bond donors (Lipinski definition) is 1. The Labute approximate surface area is 79.0 Å². The smallest absolute Gasteiger partial charge is 0.355 e. The minimum Gasteiger partial charge on any atom is -0.476 e. The summed E-state index contributed by atoms with van der Waals surface area (Å²) in [5.74, 6) is -1.46. The highest BCUT2D eigenvalue weighted by Gasteiger charge is 2.16. The lowest BCUT2D eigenvalue weighted by Crippen LogP contribution is -2.05. The summed E-state index contributed by atoms with van der Waals surface area (Å²) in [5, 5.41) is 8.60. The van der Waals surface area contributed by atoms with Gasteiger partial charge in [-0.1, -0.05) is 0 Å². The molecule has 0 bridgehead atoms. The van der Waals surface area contributed by atoms with E-state index in [2.05, 4.69) is 4.98 Å². The summed E-state index contributed by atoms with van der Waals surface area (Å²) in [5.41, 5.74) is 1.15. The van der Waals surface area contributed by atoms with E-state index in [0.29, 0.717) is 0 Å². The van der Waals surface area contributed by atoms with Crippen LogP contribution in [0.25, 0.3) is 0 Å². The standard InChI is InChI=1S/C6H7NO4S2/c1-13(10,11)2-4-5(6(8)9)7-3-12-4/h3H,2H2,1H3,(H,8,9). The quantitative estimate of drug-likeness (QED) is 0.797. The molecule has 0 aliphatic rings. The summed E-state index contributed by atoms with van der Waals surface area (Å²) in [4.78, 5) is 14.3. The average molecular weight is 221 g/mol. The fraction of sp³-hybridized carbons (Fsp3) is 0.333. The molecule has 0 fully saturated rings. The maximum atomic E-state index is 10.9. The molecule has 13 heavy (non-hydrogen) atoms. The molecule has 0 spiro atoms. The van der Waals surface area contributed by atoms with E-state index in [-0.39, 0.29) is 16.3 Å². The van der Waals surface area contributed by atoms with Crippen LogP contribution in [-0.2, 0) is 15.6 Å². The molecule has 1 heterocycles. The molecule has 0 aliphatic heterocycles. The zero-order valence-corrected chi connectivity index (χ0v) is 8.35. The summed E-state index contributed by atoms with van der Waals surface area (Å²) >= 11 is 1.03. The minimum absolute atomic E-state index is 0.171. The Morgan fingerprint density at radius 2 is 2.31 bits per heavy atom. The fourth-order valence-electron chi connectivity index (χ4n) is 0.785. The van der Waals surface area contributed by atoms with Gasteiger partial charge in [-0.05, 0) is 0 Å². The zero-order valence-electron chi connectivity index (χ0n) is 6.72. The molecular weight excluding hydrogens is 214 g/mol. The first-order valence-corrected chi connectivity index (χ1v) is 6.17. The van der Waals surface area contributed by atoms with Gasteiger partial charge in [0.2, 0.25) is 0 Å². The Morgan fingerprint density at radius 1 is 1.69 bits per heavy atom. The van der Waals surface area contributed by atoms with Gasteiger partial charge >= 0.3 is 5.97 Å². The first kappa shape index (κ1) is 10.1. The van der Waals surface area contributed by atoms with Gasteiger partial charge in [0.25, 0.3) is 0 Å². The van der Waals surface area contributed by atoms with Crippen LogP contribution in [0.5, 0.6) is 0 Å². The van der Waals surface area contributed by atoms with Gasteiger partial charge in [0.15, 0.2) is 15.5 Å². The Kier molecular flexibility index (Phi) is 2.67. The fourth-order valence-corrected chi connectivity index (χ4v) is 2.85. The first-order valence-electron chi connectivity index (χ1n) is 3.23. The van der Waals surface area contributed by atoms with E-state index in [9.17, 15) is 13.2 Å². The van der Waals surface area contributed by atoms with Gasteiger partial charge in [-0.2, -0.15) is 0 Å². The van der Waals surface area contributed by atoms with Crippen molar-refractivity contribution in [2.45, 2.75) is 5.75 Å². The molecule has 7 heteroatoms. The molecule has 0 unspecified atom stereocenters. The molecule has 1 N–H and O–H groups in total. The molecule has 72 valence electrons. The van der Waals surface area contributed by atoms with E-state index >= 15 is 0 Å². The maximum Gasteiger partial charge on any atom is 0.355 e. The zero-order chi connectivity index (χ0) is 10.1. The molecule has 0 aromatic carbocycles. The van der Waals surface area contributed by atoms with Crippen molar-refractivity contribution in [1.29, 1.82) is 0 Å². The van der Waals surface area contributed by atoms with Crippen molar-refractivity contribution in [3.8, 4) is 0 Å².